The van der Waals surface area contributed by atoms with Crippen molar-refractivity contribution in [2.45, 2.75) is 32.2 Å². The predicted molar refractivity (Wildman–Crippen MR) is 64.3 cm³/mol. The van der Waals surface area contributed by atoms with E-state index >= 15 is 0 Å². The minimum Gasteiger partial charge on any atom is -0.478 e. The van der Waals surface area contributed by atoms with E-state index in [1.807, 2.05) is 6.07 Å². The van der Waals surface area contributed by atoms with E-state index in [9.17, 15) is 4.79 Å². The quantitative estimate of drug-likeness (QED) is 0.819. The number of benzene rings is 1. The maximum Gasteiger partial charge on any atom is 0.335 e. The fraction of sp³-hybridized carbons (Fsp3) is 0.385. The van der Waals surface area contributed by atoms with Crippen LogP contribution in [0.25, 0.3) is 11.0 Å². The van der Waals surface area contributed by atoms with E-state index in [4.69, 9.17) is 5.11 Å². The first-order valence-corrected chi connectivity index (χ1v) is 5.91. The van der Waals surface area contributed by atoms with Gasteiger partial charge in [-0.15, -0.1) is 0 Å². The van der Waals surface area contributed by atoms with Crippen LogP contribution in [0.1, 0.15) is 42.0 Å². The van der Waals surface area contributed by atoms with Gasteiger partial charge >= 0.3 is 5.97 Å². The molecule has 0 saturated carbocycles. The number of fused-ring (bicyclic) bond motifs is 3. The molecule has 3 rings (SSSR count). The van der Waals surface area contributed by atoms with Crippen molar-refractivity contribution in [1.82, 2.24) is 9.55 Å². The molecule has 0 radical (unpaired) electrons. The summed E-state index contributed by atoms with van der Waals surface area (Å²) in [5, 5.41) is 8.96. The number of carbonyl (C=O) groups is 1. The molecule has 1 aliphatic heterocycles. The highest BCUT2D eigenvalue weighted by atomic mass is 16.4. The highest BCUT2D eigenvalue weighted by molar-refractivity contribution is 5.92. The molecule has 0 saturated heterocycles. The van der Waals surface area contributed by atoms with Crippen LogP contribution in [0.15, 0.2) is 18.2 Å². The molecule has 4 heteroatoms. The van der Waals surface area contributed by atoms with Crippen molar-refractivity contribution in [3.05, 3.63) is 29.6 Å². The van der Waals surface area contributed by atoms with Crippen molar-refractivity contribution in [2.24, 2.45) is 0 Å². The first kappa shape index (κ1) is 10.3. The van der Waals surface area contributed by atoms with Gasteiger partial charge in [0.05, 0.1) is 16.6 Å². The summed E-state index contributed by atoms with van der Waals surface area (Å²) in [7, 11) is 0. The first-order chi connectivity index (χ1) is 8.16. The lowest BCUT2D eigenvalue weighted by molar-refractivity contribution is 0.0697. The van der Waals surface area contributed by atoms with Gasteiger partial charge < -0.3 is 9.67 Å². The molecule has 2 heterocycles. The Morgan fingerprint density at radius 2 is 2.35 bits per heavy atom. The maximum absolute atomic E-state index is 10.9. The van der Waals surface area contributed by atoms with Crippen molar-refractivity contribution < 1.29 is 9.90 Å². The minimum absolute atomic E-state index is 0.306. The average Bonchev–Trinajstić information content (AvgIpc) is 2.67. The Balaban J connectivity index is 2.24. The lowest BCUT2D eigenvalue weighted by atomic mass is 10.1. The highest BCUT2D eigenvalue weighted by Crippen LogP contribution is 2.29. The van der Waals surface area contributed by atoms with E-state index in [1.54, 1.807) is 12.1 Å². The number of aromatic carboxylic acids is 1. The van der Waals surface area contributed by atoms with E-state index in [-0.39, 0.29) is 0 Å². The van der Waals surface area contributed by atoms with Crippen LogP contribution in [-0.4, -0.2) is 20.6 Å². The monoisotopic (exact) mass is 230 g/mol. The highest BCUT2D eigenvalue weighted by Gasteiger charge is 2.20. The molecule has 88 valence electrons. The number of rotatable bonds is 1. The van der Waals surface area contributed by atoms with Crippen molar-refractivity contribution in [1.29, 1.82) is 0 Å². The summed E-state index contributed by atoms with van der Waals surface area (Å²) in [6.07, 6.45) is 3.32. The molecule has 0 amide bonds. The van der Waals surface area contributed by atoms with E-state index in [0.717, 1.165) is 29.7 Å². The number of aryl methyl sites for hydroxylation is 1. The lowest BCUT2D eigenvalue weighted by Crippen LogP contribution is -2.14. The van der Waals surface area contributed by atoms with Crippen LogP contribution in [-0.2, 0) is 6.42 Å². The molecule has 1 atom stereocenters. The Morgan fingerprint density at radius 3 is 3.12 bits per heavy atom. The van der Waals surface area contributed by atoms with E-state index in [0.29, 0.717) is 11.6 Å². The maximum atomic E-state index is 10.9. The smallest absolute Gasteiger partial charge is 0.335 e. The van der Waals surface area contributed by atoms with Gasteiger partial charge in [-0.25, -0.2) is 9.78 Å². The Bertz CT molecular complexity index is 601. The van der Waals surface area contributed by atoms with Gasteiger partial charge in [0.1, 0.15) is 5.82 Å². The number of carboxylic acid groups (broad SMARTS) is 1. The summed E-state index contributed by atoms with van der Waals surface area (Å²) in [6.45, 7) is 2.19. The SMILES string of the molecule is C[C@@H]1CCCc2nc3cc(C(=O)O)ccc3n21. The predicted octanol–water partition coefficient (Wildman–Crippen LogP) is 2.63. The average molecular weight is 230 g/mol. The zero-order valence-corrected chi connectivity index (χ0v) is 9.68. The topological polar surface area (TPSA) is 55.1 Å². The summed E-state index contributed by atoms with van der Waals surface area (Å²) in [4.78, 5) is 15.5. The number of hydrogen-bond donors (Lipinski definition) is 1. The zero-order chi connectivity index (χ0) is 12.0. The van der Waals surface area contributed by atoms with E-state index in [1.165, 1.54) is 6.42 Å². The summed E-state index contributed by atoms with van der Waals surface area (Å²) >= 11 is 0. The minimum atomic E-state index is -0.897. The van der Waals surface area contributed by atoms with Crippen molar-refractivity contribution in [3.63, 3.8) is 0 Å². The molecule has 1 aliphatic rings. The fourth-order valence-corrected chi connectivity index (χ4v) is 2.63. The van der Waals surface area contributed by atoms with Gasteiger partial charge in [0.15, 0.2) is 0 Å². The summed E-state index contributed by atoms with van der Waals surface area (Å²) < 4.78 is 2.24. The summed E-state index contributed by atoms with van der Waals surface area (Å²) in [5.74, 6) is 0.187. The molecular formula is C13H14N2O2. The van der Waals surface area contributed by atoms with Crippen LogP contribution < -0.4 is 0 Å². The van der Waals surface area contributed by atoms with Gasteiger partial charge in [0.2, 0.25) is 0 Å². The molecule has 2 aromatic rings. The normalized spacial score (nSPS) is 19.2. The number of aromatic nitrogens is 2. The Morgan fingerprint density at radius 1 is 1.53 bits per heavy atom. The van der Waals surface area contributed by atoms with Gasteiger partial charge in [0.25, 0.3) is 0 Å². The van der Waals surface area contributed by atoms with Crippen LogP contribution in [0.3, 0.4) is 0 Å². The molecule has 0 unspecified atom stereocenters. The third-order valence-electron chi connectivity index (χ3n) is 3.47. The lowest BCUT2D eigenvalue weighted by Gasteiger charge is -2.22. The van der Waals surface area contributed by atoms with Crippen molar-refractivity contribution in [3.8, 4) is 0 Å². The Kier molecular flexibility index (Phi) is 2.18. The molecule has 17 heavy (non-hydrogen) atoms. The van der Waals surface area contributed by atoms with Crippen LogP contribution >= 0.6 is 0 Å². The van der Waals surface area contributed by atoms with Gasteiger partial charge in [-0.3, -0.25) is 0 Å². The molecule has 1 aromatic carbocycles. The third-order valence-corrected chi connectivity index (χ3v) is 3.47. The fourth-order valence-electron chi connectivity index (χ4n) is 2.63. The van der Waals surface area contributed by atoms with Crippen LogP contribution in [0.5, 0.6) is 0 Å². The van der Waals surface area contributed by atoms with Crippen molar-refractivity contribution in [2.75, 3.05) is 0 Å². The molecule has 4 nitrogen and oxygen atoms in total. The standard InChI is InChI=1S/C13H14N2O2/c1-8-3-2-4-12-14-10-7-9(13(16)17)5-6-11(10)15(8)12/h5-8H,2-4H2,1H3,(H,16,17)/t8-/m1/s1. The van der Waals surface area contributed by atoms with E-state index in [2.05, 4.69) is 16.5 Å². The first-order valence-electron chi connectivity index (χ1n) is 5.91. The van der Waals surface area contributed by atoms with Crippen LogP contribution in [0.4, 0.5) is 0 Å². The van der Waals surface area contributed by atoms with E-state index < -0.39 is 5.97 Å². The molecule has 0 bridgehead atoms. The van der Waals surface area contributed by atoms with Gasteiger partial charge in [-0.2, -0.15) is 0 Å². The van der Waals surface area contributed by atoms with Gasteiger partial charge in [0, 0.05) is 12.5 Å². The second-order valence-corrected chi connectivity index (χ2v) is 4.65. The number of imidazole rings is 1. The number of carboxylic acids is 1. The summed E-state index contributed by atoms with van der Waals surface area (Å²) in [6, 6.07) is 5.65. The van der Waals surface area contributed by atoms with Gasteiger partial charge in [-0.05, 0) is 38.0 Å². The van der Waals surface area contributed by atoms with Gasteiger partial charge in [-0.1, -0.05) is 0 Å². The Labute approximate surface area is 98.9 Å². The molecular weight excluding hydrogens is 216 g/mol. The third kappa shape index (κ3) is 1.52. The molecule has 1 N–H and O–H groups in total. The second kappa shape index (κ2) is 3.58. The molecule has 0 spiro atoms. The molecule has 0 aliphatic carbocycles. The molecule has 0 fully saturated rings. The van der Waals surface area contributed by atoms with Crippen LogP contribution in [0.2, 0.25) is 0 Å². The number of hydrogen-bond acceptors (Lipinski definition) is 2. The molecule has 1 aromatic heterocycles. The van der Waals surface area contributed by atoms with Crippen molar-refractivity contribution >= 4 is 17.0 Å². The Hall–Kier alpha value is -1.84. The van der Waals surface area contributed by atoms with Crippen LogP contribution in [0, 0.1) is 0 Å². The summed E-state index contributed by atoms with van der Waals surface area (Å²) in [5.41, 5.74) is 2.16. The number of nitrogens with zero attached hydrogens (tertiary/aromatic N) is 2. The zero-order valence-electron chi connectivity index (χ0n) is 9.68. The largest absolute Gasteiger partial charge is 0.478 e. The second-order valence-electron chi connectivity index (χ2n) is 4.65.